The number of unbranched alkanes of at least 4 members (excludes halogenated alkanes) is 2. The summed E-state index contributed by atoms with van der Waals surface area (Å²) in [7, 11) is 0. The van der Waals surface area contributed by atoms with Crippen molar-refractivity contribution in [3.63, 3.8) is 0 Å². The first-order valence-corrected chi connectivity index (χ1v) is 6.94. The van der Waals surface area contributed by atoms with E-state index < -0.39 is 11.6 Å². The molecule has 0 N–H and O–H groups in total. The van der Waals surface area contributed by atoms with E-state index in [9.17, 15) is 8.78 Å². The molecule has 0 radical (unpaired) electrons. The van der Waals surface area contributed by atoms with Gasteiger partial charge in [0.15, 0.2) is 0 Å². The fraction of sp³-hybridized carbons (Fsp3) is 0.625. The number of rotatable bonds is 7. The summed E-state index contributed by atoms with van der Waals surface area (Å²) >= 11 is 0. The fourth-order valence-electron chi connectivity index (χ4n) is 2.32. The van der Waals surface area contributed by atoms with Crippen LogP contribution < -0.4 is 0 Å². The molecule has 1 atom stereocenters. The van der Waals surface area contributed by atoms with Crippen LogP contribution in [-0.4, -0.2) is 0 Å². The summed E-state index contributed by atoms with van der Waals surface area (Å²) in [5.41, 5.74) is 0.755. The average molecular weight is 302 g/mol. The first kappa shape index (κ1) is 18.8. The Morgan fingerprint density at radius 3 is 2.32 bits per heavy atom. The van der Waals surface area contributed by atoms with E-state index in [1.807, 2.05) is 0 Å². The van der Waals surface area contributed by atoms with Gasteiger partial charge in [-0.2, -0.15) is 0 Å². The SMILES string of the molecule is CCCCCC(C)(CC)Cc1ccc(F)cc1F.[Ti]. The Morgan fingerprint density at radius 1 is 1.11 bits per heavy atom. The second-order valence-electron chi connectivity index (χ2n) is 5.53. The van der Waals surface area contributed by atoms with Gasteiger partial charge in [0.1, 0.15) is 11.6 Å². The Bertz CT molecular complexity index is 379. The number of hydrogen-bond donors (Lipinski definition) is 0. The van der Waals surface area contributed by atoms with E-state index in [1.54, 1.807) is 6.07 Å². The maximum absolute atomic E-state index is 13.7. The quantitative estimate of drug-likeness (QED) is 0.461. The molecule has 0 fully saturated rings. The van der Waals surface area contributed by atoms with Crippen molar-refractivity contribution in [2.75, 3.05) is 0 Å². The van der Waals surface area contributed by atoms with Gasteiger partial charge in [0.2, 0.25) is 0 Å². The second kappa shape index (κ2) is 8.86. The summed E-state index contributed by atoms with van der Waals surface area (Å²) < 4.78 is 26.5. The van der Waals surface area contributed by atoms with Gasteiger partial charge in [-0.1, -0.05) is 52.5 Å². The third-order valence-corrected chi connectivity index (χ3v) is 3.87. The van der Waals surface area contributed by atoms with Crippen molar-refractivity contribution in [2.45, 2.75) is 59.3 Å². The molecule has 0 aliphatic carbocycles. The van der Waals surface area contributed by atoms with Crippen LogP contribution in [0.25, 0.3) is 0 Å². The monoisotopic (exact) mass is 302 g/mol. The molecule has 19 heavy (non-hydrogen) atoms. The molecule has 0 spiro atoms. The Kier molecular flexibility index (Phi) is 8.77. The van der Waals surface area contributed by atoms with Crippen molar-refractivity contribution in [1.29, 1.82) is 0 Å². The maximum atomic E-state index is 13.7. The van der Waals surface area contributed by atoms with E-state index >= 15 is 0 Å². The van der Waals surface area contributed by atoms with E-state index in [-0.39, 0.29) is 27.1 Å². The zero-order chi connectivity index (χ0) is 13.6. The van der Waals surface area contributed by atoms with Crippen molar-refractivity contribution >= 4 is 0 Å². The van der Waals surface area contributed by atoms with Crippen molar-refractivity contribution in [3.05, 3.63) is 35.4 Å². The molecule has 1 unspecified atom stereocenters. The molecule has 0 aliphatic heterocycles. The van der Waals surface area contributed by atoms with Gasteiger partial charge >= 0.3 is 0 Å². The summed E-state index contributed by atoms with van der Waals surface area (Å²) in [5, 5.41) is 0. The molecule has 1 aromatic rings. The zero-order valence-electron chi connectivity index (χ0n) is 12.2. The predicted molar refractivity (Wildman–Crippen MR) is 72.6 cm³/mol. The standard InChI is InChI=1S/C16H24F2.Ti/c1-4-6-7-10-16(3,5-2)12-13-8-9-14(17)11-15(13)18;/h8-9,11H,4-7,10,12H2,1-3H3;. The summed E-state index contributed by atoms with van der Waals surface area (Å²) in [5.74, 6) is -0.911. The minimum absolute atomic E-state index is 0. The van der Waals surface area contributed by atoms with E-state index in [0.717, 1.165) is 18.9 Å². The molecule has 0 amide bonds. The van der Waals surface area contributed by atoms with Crippen LogP contribution >= 0.6 is 0 Å². The number of hydrogen-bond acceptors (Lipinski definition) is 0. The van der Waals surface area contributed by atoms with Gasteiger partial charge < -0.3 is 0 Å². The Morgan fingerprint density at radius 2 is 1.79 bits per heavy atom. The first-order chi connectivity index (χ1) is 8.50. The number of halogens is 2. The molecule has 0 aliphatic rings. The van der Waals surface area contributed by atoms with Crippen LogP contribution in [0.3, 0.4) is 0 Å². The minimum atomic E-state index is -0.500. The molecule has 106 valence electrons. The van der Waals surface area contributed by atoms with Crippen molar-refractivity contribution in [2.24, 2.45) is 5.41 Å². The van der Waals surface area contributed by atoms with Crippen LogP contribution in [0.4, 0.5) is 8.78 Å². The molecule has 0 saturated carbocycles. The summed E-state index contributed by atoms with van der Waals surface area (Å²) in [6, 6.07) is 3.91. The molecule has 3 heteroatoms. The normalized spacial score (nSPS) is 13.7. The molecule has 1 aromatic carbocycles. The minimum Gasteiger partial charge on any atom is -0.207 e. The summed E-state index contributed by atoms with van der Waals surface area (Å²) in [4.78, 5) is 0. The van der Waals surface area contributed by atoms with Crippen molar-refractivity contribution < 1.29 is 30.5 Å². The van der Waals surface area contributed by atoms with Gasteiger partial charge in [-0.15, -0.1) is 0 Å². The molecule has 0 aromatic heterocycles. The van der Waals surface area contributed by atoms with E-state index in [1.165, 1.54) is 25.3 Å². The molecule has 0 heterocycles. The van der Waals surface area contributed by atoms with E-state index in [2.05, 4.69) is 20.8 Å². The third kappa shape index (κ3) is 6.18. The Labute approximate surface area is 130 Å². The fourth-order valence-corrected chi connectivity index (χ4v) is 2.32. The van der Waals surface area contributed by atoms with Crippen LogP contribution in [0.15, 0.2) is 18.2 Å². The largest absolute Gasteiger partial charge is 0.207 e. The zero-order valence-corrected chi connectivity index (χ0v) is 13.8. The summed E-state index contributed by atoms with van der Waals surface area (Å²) in [6.45, 7) is 6.53. The number of benzene rings is 1. The molecule has 0 bridgehead atoms. The van der Waals surface area contributed by atoms with Gasteiger partial charge in [-0.25, -0.2) is 8.78 Å². The first-order valence-electron chi connectivity index (χ1n) is 6.94. The predicted octanol–water partition coefficient (Wildman–Crippen LogP) is 5.50. The van der Waals surface area contributed by atoms with Crippen LogP contribution in [0, 0.1) is 17.0 Å². The van der Waals surface area contributed by atoms with Crippen LogP contribution in [0.1, 0.15) is 58.4 Å². The van der Waals surface area contributed by atoms with Gasteiger partial charge in [-0.3, -0.25) is 0 Å². The Balaban J connectivity index is 0.00000324. The second-order valence-corrected chi connectivity index (χ2v) is 5.53. The smallest absolute Gasteiger partial charge is 0.129 e. The molecular formula is C16H24F2Ti. The molecular weight excluding hydrogens is 278 g/mol. The average Bonchev–Trinajstić information content (AvgIpc) is 2.33. The molecule has 0 nitrogen and oxygen atoms in total. The van der Waals surface area contributed by atoms with Gasteiger partial charge in [0.25, 0.3) is 0 Å². The van der Waals surface area contributed by atoms with E-state index in [4.69, 9.17) is 0 Å². The van der Waals surface area contributed by atoms with Gasteiger partial charge in [0.05, 0.1) is 0 Å². The summed E-state index contributed by atoms with van der Waals surface area (Å²) in [6.07, 6.45) is 6.43. The molecule has 0 saturated heterocycles. The molecule has 1 rings (SSSR count). The maximum Gasteiger partial charge on any atom is 0.129 e. The van der Waals surface area contributed by atoms with Crippen LogP contribution in [-0.2, 0) is 28.1 Å². The van der Waals surface area contributed by atoms with Crippen molar-refractivity contribution in [1.82, 2.24) is 0 Å². The van der Waals surface area contributed by atoms with Crippen molar-refractivity contribution in [3.8, 4) is 0 Å². The van der Waals surface area contributed by atoms with Gasteiger partial charge in [-0.05, 0) is 29.9 Å². The van der Waals surface area contributed by atoms with E-state index in [0.29, 0.717) is 12.0 Å². The van der Waals surface area contributed by atoms with Crippen LogP contribution in [0.2, 0.25) is 0 Å². The Hall–Kier alpha value is -0.206. The topological polar surface area (TPSA) is 0 Å². The van der Waals surface area contributed by atoms with Gasteiger partial charge in [0, 0.05) is 27.8 Å². The third-order valence-electron chi connectivity index (χ3n) is 3.87. The van der Waals surface area contributed by atoms with Crippen LogP contribution in [0.5, 0.6) is 0 Å².